The molecule has 0 bridgehead atoms. The van der Waals surface area contributed by atoms with Crippen molar-refractivity contribution in [1.82, 2.24) is 25.2 Å². The zero-order valence-corrected chi connectivity index (χ0v) is 19.4. The first-order valence-electron chi connectivity index (χ1n) is 11.3. The second kappa shape index (κ2) is 11.2. The van der Waals surface area contributed by atoms with E-state index in [-0.39, 0.29) is 17.6 Å². The number of hydrogen-bond donors (Lipinski definition) is 4. The third-order valence-electron chi connectivity index (χ3n) is 5.81. The number of aromatic nitrogens is 3. The minimum atomic E-state index is -0.751. The van der Waals surface area contributed by atoms with Crippen LogP contribution >= 0.6 is 0 Å². The molecule has 11 heteroatoms. The summed E-state index contributed by atoms with van der Waals surface area (Å²) in [4.78, 5) is 26.4. The molecule has 1 saturated heterocycles. The Morgan fingerprint density at radius 1 is 1.25 bits per heavy atom. The molecule has 0 spiro atoms. The maximum atomic E-state index is 11.2. The summed E-state index contributed by atoms with van der Waals surface area (Å²) >= 11 is 0. The topological polar surface area (TPSA) is 177 Å². The molecule has 182 valence electrons. The monoisotopic (exact) mass is 483 g/mol. The Labute approximate surface area is 207 Å². The highest BCUT2D eigenvalue weighted by Gasteiger charge is 2.27. The predicted molar refractivity (Wildman–Crippen MR) is 132 cm³/mol. The summed E-state index contributed by atoms with van der Waals surface area (Å²) in [5, 5.41) is 25.1. The molecule has 0 radical (unpaired) electrons. The van der Waals surface area contributed by atoms with Crippen LogP contribution in [0.4, 0.5) is 5.95 Å². The average Bonchev–Trinajstić information content (AvgIpc) is 3.35. The van der Waals surface area contributed by atoms with Crippen LogP contribution in [-0.4, -0.2) is 44.0 Å². The second-order valence-corrected chi connectivity index (χ2v) is 8.39. The van der Waals surface area contributed by atoms with Gasteiger partial charge in [0.15, 0.2) is 0 Å². The van der Waals surface area contributed by atoms with Gasteiger partial charge in [0, 0.05) is 24.9 Å². The van der Waals surface area contributed by atoms with Crippen LogP contribution < -0.4 is 11.1 Å². The first kappa shape index (κ1) is 24.4. The predicted octanol–water partition coefficient (Wildman–Crippen LogP) is 3.02. The lowest BCUT2D eigenvalue weighted by molar-refractivity contribution is -0.141. The van der Waals surface area contributed by atoms with Crippen LogP contribution in [0.3, 0.4) is 0 Å². The normalized spacial score (nSPS) is 15.9. The number of benzene rings is 1. The molecule has 1 aliphatic rings. The zero-order chi connectivity index (χ0) is 25.5. The van der Waals surface area contributed by atoms with E-state index in [1.165, 1.54) is 0 Å². The lowest BCUT2D eigenvalue weighted by Gasteiger charge is -2.15. The van der Waals surface area contributed by atoms with E-state index in [0.29, 0.717) is 48.6 Å². The Morgan fingerprint density at radius 2 is 2.06 bits per heavy atom. The fourth-order valence-electron chi connectivity index (χ4n) is 4.03. The summed E-state index contributed by atoms with van der Waals surface area (Å²) in [6, 6.07) is 16.5. The molecule has 3 aromatic rings. The molecule has 5 N–H and O–H groups in total. The first-order chi connectivity index (χ1) is 17.4. The van der Waals surface area contributed by atoms with E-state index < -0.39 is 5.97 Å². The van der Waals surface area contributed by atoms with Crippen LogP contribution in [0.2, 0.25) is 0 Å². The van der Waals surface area contributed by atoms with Gasteiger partial charge in [-0.1, -0.05) is 18.2 Å². The van der Waals surface area contributed by atoms with Gasteiger partial charge >= 0.3 is 5.97 Å². The van der Waals surface area contributed by atoms with E-state index in [4.69, 9.17) is 16.5 Å². The van der Waals surface area contributed by atoms with Crippen LogP contribution in [0.5, 0.6) is 0 Å². The molecular weight excluding hydrogens is 458 g/mol. The maximum absolute atomic E-state index is 11.2. The van der Waals surface area contributed by atoms with E-state index in [0.717, 1.165) is 17.9 Å². The highest BCUT2D eigenvalue weighted by molar-refractivity contribution is 5.70. The lowest BCUT2D eigenvalue weighted by atomic mass is 10.1. The molecule has 0 aliphatic carbocycles. The van der Waals surface area contributed by atoms with Crippen molar-refractivity contribution in [3.8, 4) is 17.3 Å². The van der Waals surface area contributed by atoms with Crippen molar-refractivity contribution in [3.63, 3.8) is 0 Å². The first-order valence-corrected chi connectivity index (χ1v) is 11.3. The quantitative estimate of drug-likeness (QED) is 0.333. The Hall–Kier alpha value is -4.69. The Kier molecular flexibility index (Phi) is 7.57. The molecule has 3 heterocycles. The molecule has 0 amide bonds. The number of nitrogens with two attached hydrogens (primary N) is 1. The van der Waals surface area contributed by atoms with Gasteiger partial charge in [0.25, 0.3) is 0 Å². The van der Waals surface area contributed by atoms with Crippen molar-refractivity contribution in [2.75, 3.05) is 18.8 Å². The van der Waals surface area contributed by atoms with E-state index in [9.17, 15) is 9.90 Å². The summed E-state index contributed by atoms with van der Waals surface area (Å²) in [5.74, 6) is -1.04. The van der Waals surface area contributed by atoms with Crippen LogP contribution in [0.25, 0.3) is 17.0 Å². The van der Waals surface area contributed by atoms with E-state index in [1.54, 1.807) is 30.5 Å². The highest BCUT2D eigenvalue weighted by atomic mass is 16.4. The van der Waals surface area contributed by atoms with E-state index in [2.05, 4.69) is 36.4 Å². The van der Waals surface area contributed by atoms with Crippen LogP contribution in [0, 0.1) is 22.8 Å². The lowest BCUT2D eigenvalue weighted by Crippen LogP contribution is -2.23. The molecule has 1 unspecified atom stereocenters. The van der Waals surface area contributed by atoms with Crippen LogP contribution in [0.1, 0.15) is 29.1 Å². The number of anilines is 1. The highest BCUT2D eigenvalue weighted by Crippen LogP contribution is 2.23. The van der Waals surface area contributed by atoms with Gasteiger partial charge < -0.3 is 16.2 Å². The fraction of sp³-hybridized carbons (Fsp3) is 0.240. The van der Waals surface area contributed by atoms with Gasteiger partial charge in [-0.2, -0.15) is 10.4 Å². The molecule has 1 fully saturated rings. The zero-order valence-electron chi connectivity index (χ0n) is 19.4. The van der Waals surface area contributed by atoms with Crippen molar-refractivity contribution in [2.24, 2.45) is 11.0 Å². The fourth-order valence-corrected chi connectivity index (χ4v) is 4.03. The van der Waals surface area contributed by atoms with E-state index >= 15 is 0 Å². The molecule has 4 rings (SSSR count). The number of nitrogens with zero attached hydrogens (tertiary/aromatic N) is 6. The van der Waals surface area contributed by atoms with Gasteiger partial charge in [0.1, 0.15) is 5.70 Å². The van der Waals surface area contributed by atoms with Gasteiger partial charge in [0.05, 0.1) is 46.9 Å². The number of nitriles is 1. The number of carbonyl (C=O) groups is 1. The third kappa shape index (κ3) is 6.05. The average molecular weight is 484 g/mol. The van der Waals surface area contributed by atoms with Crippen molar-refractivity contribution in [1.29, 1.82) is 10.8 Å². The molecule has 1 atom stereocenters. The number of rotatable bonds is 9. The largest absolute Gasteiger partial charge is 0.481 e. The summed E-state index contributed by atoms with van der Waals surface area (Å²) in [6.07, 6.45) is 2.22. The number of carboxylic acids is 1. The Balaban J connectivity index is 1.44. The second-order valence-electron chi connectivity index (χ2n) is 8.39. The van der Waals surface area contributed by atoms with E-state index in [1.807, 2.05) is 24.3 Å². The summed E-state index contributed by atoms with van der Waals surface area (Å²) < 4.78 is 0. The number of pyridine rings is 1. The molecule has 0 saturated carbocycles. The molecule has 2 aromatic heterocycles. The molecular formula is C25H25N9O2. The number of nitrogen functional groups attached to an aromatic ring is 1. The minimum Gasteiger partial charge on any atom is -0.481 e. The van der Waals surface area contributed by atoms with Gasteiger partial charge in [-0.05, 0) is 43.3 Å². The van der Waals surface area contributed by atoms with Crippen molar-refractivity contribution >= 4 is 17.6 Å². The Bertz CT molecular complexity index is 1350. The SMILES string of the molecule is N#Cc1cccc(-c2cc(/C(=C/NCc3cccc(CN4CCC(C(=O)O)C4)n3)N=N)nc(N)n2)c1. The summed E-state index contributed by atoms with van der Waals surface area (Å²) in [7, 11) is 0. The molecule has 1 aromatic carbocycles. The van der Waals surface area contributed by atoms with Gasteiger partial charge in [-0.15, -0.1) is 0 Å². The molecule has 1 aliphatic heterocycles. The van der Waals surface area contributed by atoms with Crippen molar-refractivity contribution in [3.05, 3.63) is 77.4 Å². The van der Waals surface area contributed by atoms with Crippen molar-refractivity contribution in [2.45, 2.75) is 19.5 Å². The molecule has 36 heavy (non-hydrogen) atoms. The van der Waals surface area contributed by atoms with Gasteiger partial charge in [0.2, 0.25) is 5.95 Å². The molecule has 11 nitrogen and oxygen atoms in total. The standard InChI is InChI=1S/C25H25N9O2/c26-11-16-3-1-4-17(9-16)21-10-22(32-25(27)31-21)23(33-28)13-29-12-19-5-2-6-20(30-19)15-34-8-7-18(14-34)24(35)36/h1-6,9-10,13,18,28-29H,7-8,12,14-15H2,(H,35,36)(H2,27,31,32)/b23-13-,33-28?. The number of hydrogen-bond acceptors (Lipinski definition) is 10. The third-order valence-corrected chi connectivity index (χ3v) is 5.81. The van der Waals surface area contributed by atoms with Crippen LogP contribution in [-0.2, 0) is 17.9 Å². The minimum absolute atomic E-state index is 0.0285. The number of likely N-dealkylation sites (tertiary alicyclic amines) is 1. The summed E-state index contributed by atoms with van der Waals surface area (Å²) in [6.45, 7) is 2.25. The number of nitrogens with one attached hydrogen (secondary N) is 2. The summed E-state index contributed by atoms with van der Waals surface area (Å²) in [5.41, 5.74) is 17.5. The number of carboxylic acid groups (broad SMARTS) is 1. The smallest absolute Gasteiger partial charge is 0.307 e. The maximum Gasteiger partial charge on any atom is 0.307 e. The Morgan fingerprint density at radius 3 is 2.81 bits per heavy atom. The van der Waals surface area contributed by atoms with Crippen LogP contribution in [0.15, 0.2) is 59.8 Å². The number of aliphatic carboxylic acids is 1. The van der Waals surface area contributed by atoms with Gasteiger partial charge in [-0.25, -0.2) is 15.5 Å². The van der Waals surface area contributed by atoms with Crippen molar-refractivity contribution < 1.29 is 9.90 Å². The van der Waals surface area contributed by atoms with Gasteiger partial charge in [-0.3, -0.25) is 14.7 Å².